The van der Waals surface area contributed by atoms with E-state index >= 15 is 0 Å². The van der Waals surface area contributed by atoms with Crippen LogP contribution < -0.4 is 0 Å². The first kappa shape index (κ1) is 12.6. The summed E-state index contributed by atoms with van der Waals surface area (Å²) in [6.07, 6.45) is 0. The van der Waals surface area contributed by atoms with Gasteiger partial charge in [0, 0.05) is 5.56 Å². The van der Waals surface area contributed by atoms with Crippen molar-refractivity contribution in [3.05, 3.63) is 64.9 Å². The second-order valence-corrected chi connectivity index (χ2v) is 4.86. The number of hydrogen-bond donors (Lipinski definition) is 2. The monoisotopic (exact) mass is 283 g/mol. The van der Waals surface area contributed by atoms with Crippen molar-refractivity contribution in [2.75, 3.05) is 0 Å². The molecular formula is C15H13N3OS. The number of nitrogens with zero attached hydrogens (tertiary/aromatic N) is 2. The molecule has 4 nitrogen and oxygen atoms in total. The van der Waals surface area contributed by atoms with Crippen LogP contribution in [0, 0.1) is 4.77 Å². The lowest BCUT2D eigenvalue weighted by molar-refractivity contribution is 0.475. The van der Waals surface area contributed by atoms with Gasteiger partial charge in [-0.3, -0.25) is 9.67 Å². The fourth-order valence-corrected chi connectivity index (χ4v) is 2.26. The molecule has 0 bridgehead atoms. The van der Waals surface area contributed by atoms with Gasteiger partial charge < -0.3 is 5.11 Å². The molecule has 0 fully saturated rings. The average Bonchev–Trinajstić information content (AvgIpc) is 2.83. The van der Waals surface area contributed by atoms with Gasteiger partial charge in [-0.05, 0) is 42.0 Å². The maximum atomic E-state index is 9.36. The van der Waals surface area contributed by atoms with E-state index in [9.17, 15) is 5.11 Å². The van der Waals surface area contributed by atoms with Gasteiger partial charge in [0.25, 0.3) is 0 Å². The van der Waals surface area contributed by atoms with Crippen LogP contribution in [0.4, 0.5) is 0 Å². The molecule has 2 N–H and O–H groups in total. The molecule has 1 aromatic heterocycles. The first-order valence-electron chi connectivity index (χ1n) is 6.22. The van der Waals surface area contributed by atoms with Crippen LogP contribution in [0.15, 0.2) is 54.6 Å². The zero-order valence-electron chi connectivity index (χ0n) is 10.7. The molecule has 3 aromatic rings. The summed E-state index contributed by atoms with van der Waals surface area (Å²) in [5.41, 5.74) is 2.07. The number of hydrogen-bond acceptors (Lipinski definition) is 3. The maximum Gasteiger partial charge on any atom is 0.195 e. The Hall–Kier alpha value is -2.40. The lowest BCUT2D eigenvalue weighted by Crippen LogP contribution is -2.02. The summed E-state index contributed by atoms with van der Waals surface area (Å²) in [6.45, 7) is 0.659. The minimum absolute atomic E-state index is 0.234. The number of phenolic OH excluding ortho intramolecular Hbond substituents is 1. The van der Waals surface area contributed by atoms with E-state index in [-0.39, 0.29) is 5.75 Å². The van der Waals surface area contributed by atoms with Gasteiger partial charge in [0.05, 0.1) is 6.54 Å². The highest BCUT2D eigenvalue weighted by Crippen LogP contribution is 2.21. The predicted octanol–water partition coefficient (Wildman–Crippen LogP) is 3.36. The largest absolute Gasteiger partial charge is 0.508 e. The lowest BCUT2D eigenvalue weighted by atomic mass is 10.2. The number of benzene rings is 2. The zero-order valence-corrected chi connectivity index (χ0v) is 11.5. The van der Waals surface area contributed by atoms with E-state index in [1.54, 1.807) is 12.1 Å². The van der Waals surface area contributed by atoms with Crippen molar-refractivity contribution in [1.29, 1.82) is 0 Å². The van der Waals surface area contributed by atoms with Crippen LogP contribution in [0.3, 0.4) is 0 Å². The quantitative estimate of drug-likeness (QED) is 0.725. The van der Waals surface area contributed by atoms with Crippen LogP contribution in [0.25, 0.3) is 11.4 Å². The maximum absolute atomic E-state index is 9.36. The van der Waals surface area contributed by atoms with Crippen LogP contribution in [0.1, 0.15) is 5.56 Å². The summed E-state index contributed by atoms with van der Waals surface area (Å²) < 4.78 is 2.52. The number of phenols is 1. The Balaban J connectivity index is 2.01. The van der Waals surface area contributed by atoms with E-state index in [1.165, 1.54) is 0 Å². The van der Waals surface area contributed by atoms with Crippen molar-refractivity contribution in [3.63, 3.8) is 0 Å². The fraction of sp³-hybridized carbons (Fsp3) is 0.0667. The topological polar surface area (TPSA) is 53.8 Å². The van der Waals surface area contributed by atoms with Crippen LogP contribution in [0.5, 0.6) is 5.75 Å². The Kier molecular flexibility index (Phi) is 3.35. The molecule has 0 saturated heterocycles. The number of H-pyrrole nitrogens is 1. The zero-order chi connectivity index (χ0) is 13.9. The summed E-state index contributed by atoms with van der Waals surface area (Å²) >= 11 is 5.29. The first-order chi connectivity index (χ1) is 9.74. The van der Waals surface area contributed by atoms with Crippen molar-refractivity contribution in [3.8, 4) is 17.1 Å². The standard InChI is InChI=1S/C15H13N3OS/c19-13-8-6-12(7-9-13)14-16-17-15(20)18(14)10-11-4-2-1-3-5-11/h1-9,19H,10H2,(H,17,20). The molecule has 0 aliphatic carbocycles. The second kappa shape index (κ2) is 5.30. The van der Waals surface area contributed by atoms with Crippen molar-refractivity contribution < 1.29 is 5.11 Å². The van der Waals surface area contributed by atoms with Gasteiger partial charge in [-0.25, -0.2) is 0 Å². The van der Waals surface area contributed by atoms with Gasteiger partial charge >= 0.3 is 0 Å². The number of aromatic hydroxyl groups is 1. The van der Waals surface area contributed by atoms with Gasteiger partial charge in [0.1, 0.15) is 5.75 Å². The van der Waals surface area contributed by atoms with E-state index in [0.717, 1.165) is 17.0 Å². The molecule has 1 heterocycles. The third kappa shape index (κ3) is 2.48. The molecule has 0 aliphatic rings. The van der Waals surface area contributed by atoms with E-state index < -0.39 is 0 Å². The predicted molar refractivity (Wildman–Crippen MR) is 80.1 cm³/mol. The third-order valence-electron chi connectivity index (χ3n) is 3.07. The van der Waals surface area contributed by atoms with Crippen molar-refractivity contribution in [2.24, 2.45) is 0 Å². The lowest BCUT2D eigenvalue weighted by Gasteiger charge is -2.07. The van der Waals surface area contributed by atoms with Gasteiger partial charge in [-0.1, -0.05) is 30.3 Å². The highest BCUT2D eigenvalue weighted by atomic mass is 32.1. The molecule has 20 heavy (non-hydrogen) atoms. The van der Waals surface area contributed by atoms with Crippen LogP contribution in [0.2, 0.25) is 0 Å². The van der Waals surface area contributed by atoms with Gasteiger partial charge in [-0.2, -0.15) is 5.10 Å². The molecule has 0 radical (unpaired) electrons. The SMILES string of the molecule is Oc1ccc(-c2n[nH]c(=S)n2Cc2ccccc2)cc1. The molecule has 100 valence electrons. The fourth-order valence-electron chi connectivity index (χ4n) is 2.06. The highest BCUT2D eigenvalue weighted by molar-refractivity contribution is 7.71. The summed E-state index contributed by atoms with van der Waals surface area (Å²) in [6, 6.07) is 17.0. The van der Waals surface area contributed by atoms with Gasteiger partial charge in [0.15, 0.2) is 10.6 Å². The Morgan fingerprint density at radius 3 is 2.45 bits per heavy atom. The minimum atomic E-state index is 0.234. The molecular weight excluding hydrogens is 270 g/mol. The minimum Gasteiger partial charge on any atom is -0.508 e. The van der Waals surface area contributed by atoms with Gasteiger partial charge in [0.2, 0.25) is 0 Å². The van der Waals surface area contributed by atoms with E-state index in [1.807, 2.05) is 34.9 Å². The molecule has 3 rings (SSSR count). The van der Waals surface area contributed by atoms with Crippen LogP contribution >= 0.6 is 12.2 Å². The van der Waals surface area contributed by atoms with Crippen molar-refractivity contribution in [1.82, 2.24) is 14.8 Å². The number of aromatic amines is 1. The molecule has 2 aromatic carbocycles. The second-order valence-electron chi connectivity index (χ2n) is 4.47. The molecule has 0 aliphatic heterocycles. The Morgan fingerprint density at radius 2 is 1.75 bits per heavy atom. The van der Waals surface area contributed by atoms with Crippen LogP contribution in [-0.4, -0.2) is 19.9 Å². The normalized spacial score (nSPS) is 10.6. The molecule has 0 atom stereocenters. The smallest absolute Gasteiger partial charge is 0.195 e. The first-order valence-corrected chi connectivity index (χ1v) is 6.63. The Bertz CT molecular complexity index is 760. The number of nitrogens with one attached hydrogen (secondary N) is 1. The third-order valence-corrected chi connectivity index (χ3v) is 3.38. The average molecular weight is 283 g/mol. The number of rotatable bonds is 3. The van der Waals surface area contributed by atoms with Crippen molar-refractivity contribution in [2.45, 2.75) is 6.54 Å². The van der Waals surface area contributed by atoms with Crippen molar-refractivity contribution >= 4 is 12.2 Å². The van der Waals surface area contributed by atoms with E-state index in [4.69, 9.17) is 12.2 Å². The number of aromatic nitrogens is 3. The summed E-state index contributed by atoms with van der Waals surface area (Å²) in [4.78, 5) is 0. The molecule has 0 spiro atoms. The molecule has 5 heteroatoms. The highest BCUT2D eigenvalue weighted by Gasteiger charge is 2.09. The molecule has 0 saturated carbocycles. The van der Waals surface area contributed by atoms with Gasteiger partial charge in [-0.15, -0.1) is 0 Å². The molecule has 0 amide bonds. The molecule has 0 unspecified atom stereocenters. The van der Waals surface area contributed by atoms with E-state index in [2.05, 4.69) is 22.3 Å². The Labute approximate surface area is 121 Å². The summed E-state index contributed by atoms with van der Waals surface area (Å²) in [7, 11) is 0. The van der Waals surface area contributed by atoms with Crippen LogP contribution in [-0.2, 0) is 6.54 Å². The summed E-state index contributed by atoms with van der Waals surface area (Å²) in [5, 5.41) is 16.5. The summed E-state index contributed by atoms with van der Waals surface area (Å²) in [5.74, 6) is 0.997. The Morgan fingerprint density at radius 1 is 1.05 bits per heavy atom. The van der Waals surface area contributed by atoms with E-state index in [0.29, 0.717) is 11.3 Å².